The van der Waals surface area contributed by atoms with Gasteiger partial charge in [-0.25, -0.2) is 0 Å². The highest BCUT2D eigenvalue weighted by Crippen LogP contribution is 2.34. The van der Waals surface area contributed by atoms with Gasteiger partial charge in [0.2, 0.25) is 0 Å². The van der Waals surface area contributed by atoms with Crippen molar-refractivity contribution in [1.29, 1.82) is 0 Å². The number of hydrogen-bond donors (Lipinski definition) is 2. The van der Waals surface area contributed by atoms with E-state index < -0.39 is 0 Å². The molecule has 18 heavy (non-hydrogen) atoms. The van der Waals surface area contributed by atoms with Crippen LogP contribution in [0.3, 0.4) is 0 Å². The Morgan fingerprint density at radius 2 is 2.11 bits per heavy atom. The van der Waals surface area contributed by atoms with Crippen molar-refractivity contribution in [3.8, 4) is 22.8 Å². The number of anilines is 1. The van der Waals surface area contributed by atoms with Crippen LogP contribution in [-0.4, -0.2) is 30.7 Å². The maximum atomic E-state index is 11.0. The SMILES string of the molecule is COc1ccc(OC)c(-c2[nH]nc(N)c2C=O)c1. The number of nitrogen functional groups attached to an aromatic ring is 1. The van der Waals surface area contributed by atoms with Crippen molar-refractivity contribution in [2.24, 2.45) is 0 Å². The number of aromatic amines is 1. The van der Waals surface area contributed by atoms with Gasteiger partial charge in [0.1, 0.15) is 11.5 Å². The largest absolute Gasteiger partial charge is 0.497 e. The van der Waals surface area contributed by atoms with Gasteiger partial charge in [-0.2, -0.15) is 5.10 Å². The van der Waals surface area contributed by atoms with Gasteiger partial charge in [-0.1, -0.05) is 0 Å². The van der Waals surface area contributed by atoms with Crippen molar-refractivity contribution in [3.05, 3.63) is 23.8 Å². The molecule has 0 bridgehead atoms. The molecule has 0 spiro atoms. The van der Waals surface area contributed by atoms with Crippen molar-refractivity contribution in [1.82, 2.24) is 10.2 Å². The average Bonchev–Trinajstić information content (AvgIpc) is 2.78. The summed E-state index contributed by atoms with van der Waals surface area (Å²) in [6.07, 6.45) is 0.660. The van der Waals surface area contributed by atoms with E-state index in [2.05, 4.69) is 10.2 Å². The summed E-state index contributed by atoms with van der Waals surface area (Å²) in [5.41, 5.74) is 7.09. The molecule has 0 unspecified atom stereocenters. The predicted octanol–water partition coefficient (Wildman–Crippen LogP) is 1.49. The summed E-state index contributed by atoms with van der Waals surface area (Å²) in [5, 5.41) is 6.55. The normalized spacial score (nSPS) is 10.1. The van der Waals surface area contributed by atoms with E-state index in [0.29, 0.717) is 34.6 Å². The number of aldehydes is 1. The molecule has 1 heterocycles. The van der Waals surface area contributed by atoms with Crippen molar-refractivity contribution < 1.29 is 14.3 Å². The van der Waals surface area contributed by atoms with Gasteiger partial charge in [-0.15, -0.1) is 0 Å². The van der Waals surface area contributed by atoms with E-state index in [0.717, 1.165) is 0 Å². The number of aromatic nitrogens is 2. The number of nitrogens with zero attached hydrogens (tertiary/aromatic N) is 1. The molecule has 6 nitrogen and oxygen atoms in total. The fraction of sp³-hybridized carbons (Fsp3) is 0.167. The number of hydrogen-bond acceptors (Lipinski definition) is 5. The standard InChI is InChI=1S/C12H13N3O3/c1-17-7-3-4-10(18-2)8(5-7)11-9(6-16)12(13)15-14-11/h3-6H,1-2H3,(H3,13,14,15). The van der Waals surface area contributed by atoms with Crippen LogP contribution in [0, 0.1) is 0 Å². The maximum absolute atomic E-state index is 11.0. The van der Waals surface area contributed by atoms with Crippen LogP contribution in [0.1, 0.15) is 10.4 Å². The van der Waals surface area contributed by atoms with Crippen LogP contribution < -0.4 is 15.2 Å². The minimum atomic E-state index is 0.157. The fourth-order valence-electron chi connectivity index (χ4n) is 1.70. The molecule has 0 aliphatic carbocycles. The molecule has 0 fully saturated rings. The van der Waals surface area contributed by atoms with Gasteiger partial charge in [-0.3, -0.25) is 9.89 Å². The Kier molecular flexibility index (Phi) is 3.18. The second-order valence-corrected chi connectivity index (χ2v) is 3.58. The number of carbonyl (C=O) groups excluding carboxylic acids is 1. The minimum Gasteiger partial charge on any atom is -0.497 e. The lowest BCUT2D eigenvalue weighted by atomic mass is 10.1. The molecule has 2 aromatic rings. The van der Waals surface area contributed by atoms with Crippen LogP contribution >= 0.6 is 0 Å². The number of nitrogens with one attached hydrogen (secondary N) is 1. The van der Waals surface area contributed by atoms with Crippen molar-refractivity contribution in [3.63, 3.8) is 0 Å². The first-order chi connectivity index (χ1) is 8.71. The molecule has 0 saturated heterocycles. The lowest BCUT2D eigenvalue weighted by molar-refractivity contribution is 0.112. The zero-order chi connectivity index (χ0) is 13.1. The summed E-state index contributed by atoms with van der Waals surface area (Å²) in [7, 11) is 3.11. The zero-order valence-corrected chi connectivity index (χ0v) is 10.1. The Balaban J connectivity index is 2.64. The molecule has 3 N–H and O–H groups in total. The zero-order valence-electron chi connectivity index (χ0n) is 10.1. The van der Waals surface area contributed by atoms with Gasteiger partial charge in [-0.05, 0) is 18.2 Å². The van der Waals surface area contributed by atoms with Crippen LogP contribution in [0.2, 0.25) is 0 Å². The summed E-state index contributed by atoms with van der Waals surface area (Å²) in [6.45, 7) is 0. The van der Waals surface area contributed by atoms with Crippen LogP contribution in [0.25, 0.3) is 11.3 Å². The molecule has 0 aliphatic rings. The fourth-order valence-corrected chi connectivity index (χ4v) is 1.70. The van der Waals surface area contributed by atoms with E-state index in [1.165, 1.54) is 0 Å². The quantitative estimate of drug-likeness (QED) is 0.799. The van der Waals surface area contributed by atoms with Gasteiger partial charge >= 0.3 is 0 Å². The maximum Gasteiger partial charge on any atom is 0.156 e. The second kappa shape index (κ2) is 4.79. The first-order valence-electron chi connectivity index (χ1n) is 5.22. The Bertz CT molecular complexity index is 578. The number of rotatable bonds is 4. The second-order valence-electron chi connectivity index (χ2n) is 3.58. The number of carbonyl (C=O) groups is 1. The van der Waals surface area contributed by atoms with Crippen LogP contribution in [0.5, 0.6) is 11.5 Å². The van der Waals surface area contributed by atoms with Crippen molar-refractivity contribution in [2.45, 2.75) is 0 Å². The Morgan fingerprint density at radius 1 is 1.33 bits per heavy atom. The van der Waals surface area contributed by atoms with Crippen molar-refractivity contribution in [2.75, 3.05) is 20.0 Å². The Morgan fingerprint density at radius 3 is 2.72 bits per heavy atom. The van der Waals surface area contributed by atoms with E-state index in [-0.39, 0.29) is 5.82 Å². The molecular formula is C12H13N3O3. The van der Waals surface area contributed by atoms with Gasteiger partial charge in [0, 0.05) is 5.56 Å². The van der Waals surface area contributed by atoms with E-state index >= 15 is 0 Å². The average molecular weight is 247 g/mol. The van der Waals surface area contributed by atoms with E-state index in [4.69, 9.17) is 15.2 Å². The van der Waals surface area contributed by atoms with Crippen LogP contribution in [0.4, 0.5) is 5.82 Å². The van der Waals surface area contributed by atoms with Crippen LogP contribution in [0.15, 0.2) is 18.2 Å². The highest BCUT2D eigenvalue weighted by Gasteiger charge is 2.16. The van der Waals surface area contributed by atoms with Gasteiger partial charge < -0.3 is 15.2 Å². The summed E-state index contributed by atoms with van der Waals surface area (Å²) >= 11 is 0. The summed E-state index contributed by atoms with van der Waals surface area (Å²) in [6, 6.07) is 5.27. The Hall–Kier alpha value is -2.50. The number of ether oxygens (including phenoxy) is 2. The molecule has 1 aromatic carbocycles. The number of H-pyrrole nitrogens is 1. The highest BCUT2D eigenvalue weighted by molar-refractivity contribution is 5.92. The van der Waals surface area contributed by atoms with Crippen LogP contribution in [-0.2, 0) is 0 Å². The third kappa shape index (κ3) is 1.88. The Labute approximate surface area is 104 Å². The molecular weight excluding hydrogens is 234 g/mol. The van der Waals surface area contributed by atoms with Crippen molar-refractivity contribution >= 4 is 12.1 Å². The molecule has 1 aromatic heterocycles. The minimum absolute atomic E-state index is 0.157. The summed E-state index contributed by atoms with van der Waals surface area (Å²) in [4.78, 5) is 11.0. The monoisotopic (exact) mass is 247 g/mol. The lowest BCUT2D eigenvalue weighted by Crippen LogP contribution is -1.94. The molecule has 6 heteroatoms. The molecule has 2 rings (SSSR count). The smallest absolute Gasteiger partial charge is 0.156 e. The molecule has 0 atom stereocenters. The molecule has 94 valence electrons. The van der Waals surface area contributed by atoms with E-state index in [9.17, 15) is 4.79 Å². The molecule has 0 amide bonds. The molecule has 0 saturated carbocycles. The topological polar surface area (TPSA) is 90.2 Å². The van der Waals surface area contributed by atoms with Gasteiger partial charge in [0.05, 0.1) is 25.5 Å². The third-order valence-corrected chi connectivity index (χ3v) is 2.63. The van der Waals surface area contributed by atoms with Gasteiger partial charge in [0.25, 0.3) is 0 Å². The summed E-state index contributed by atoms with van der Waals surface area (Å²) < 4.78 is 10.4. The highest BCUT2D eigenvalue weighted by atomic mass is 16.5. The third-order valence-electron chi connectivity index (χ3n) is 2.63. The van der Waals surface area contributed by atoms with Gasteiger partial charge in [0.15, 0.2) is 12.1 Å². The summed E-state index contributed by atoms with van der Waals surface area (Å²) in [5.74, 6) is 1.41. The first-order valence-corrected chi connectivity index (χ1v) is 5.22. The number of nitrogens with two attached hydrogens (primary N) is 1. The lowest BCUT2D eigenvalue weighted by Gasteiger charge is -2.09. The number of methoxy groups -OCH3 is 2. The van der Waals surface area contributed by atoms with E-state index in [1.807, 2.05) is 0 Å². The number of benzene rings is 1. The van der Waals surface area contributed by atoms with E-state index in [1.54, 1.807) is 32.4 Å². The first kappa shape index (κ1) is 12.0. The predicted molar refractivity (Wildman–Crippen MR) is 66.9 cm³/mol. The molecule has 0 aliphatic heterocycles. The molecule has 0 radical (unpaired) electrons.